The molecule has 1 heterocycles. The van der Waals surface area contributed by atoms with Crippen LogP contribution < -0.4 is 5.32 Å². The summed E-state index contributed by atoms with van der Waals surface area (Å²) in [6.07, 6.45) is 3.56. The van der Waals surface area contributed by atoms with E-state index in [1.54, 1.807) is 0 Å². The Kier molecular flexibility index (Phi) is 5.41. The van der Waals surface area contributed by atoms with Crippen molar-refractivity contribution in [3.8, 4) is 0 Å². The summed E-state index contributed by atoms with van der Waals surface area (Å²) in [6, 6.07) is 10.6. The van der Waals surface area contributed by atoms with Gasteiger partial charge in [0.25, 0.3) is 0 Å². The van der Waals surface area contributed by atoms with Gasteiger partial charge >= 0.3 is 0 Å². The molecular formula is C17H28N2. The van der Waals surface area contributed by atoms with Gasteiger partial charge in [-0.25, -0.2) is 0 Å². The number of benzene rings is 1. The molecule has 2 nitrogen and oxygen atoms in total. The number of rotatable bonds is 7. The summed E-state index contributed by atoms with van der Waals surface area (Å²) in [6.45, 7) is 10.3. The predicted molar refractivity (Wildman–Crippen MR) is 82.5 cm³/mol. The molecule has 0 saturated carbocycles. The van der Waals surface area contributed by atoms with Crippen LogP contribution in [0.4, 0.5) is 0 Å². The van der Waals surface area contributed by atoms with Gasteiger partial charge in [-0.1, -0.05) is 45.0 Å². The van der Waals surface area contributed by atoms with Crippen molar-refractivity contribution < 1.29 is 0 Å². The minimum Gasteiger partial charge on any atom is -0.314 e. The van der Waals surface area contributed by atoms with Crippen LogP contribution in [0.2, 0.25) is 0 Å². The number of hydrogen-bond acceptors (Lipinski definition) is 2. The van der Waals surface area contributed by atoms with E-state index in [1.165, 1.54) is 30.5 Å². The molecule has 2 heteroatoms. The lowest BCUT2D eigenvalue weighted by atomic mass is 9.97. The van der Waals surface area contributed by atoms with Crippen LogP contribution in [0.5, 0.6) is 0 Å². The molecule has 0 bridgehead atoms. The van der Waals surface area contributed by atoms with Crippen LogP contribution in [0.3, 0.4) is 0 Å². The van der Waals surface area contributed by atoms with E-state index in [9.17, 15) is 0 Å². The second-order valence-electron chi connectivity index (χ2n) is 5.57. The fourth-order valence-corrected chi connectivity index (χ4v) is 3.00. The highest BCUT2D eigenvalue weighted by molar-refractivity contribution is 5.25. The minimum atomic E-state index is 0.581. The number of hydrogen-bond donors (Lipinski definition) is 1. The highest BCUT2D eigenvalue weighted by atomic mass is 15.3. The van der Waals surface area contributed by atoms with Crippen molar-refractivity contribution in [1.82, 2.24) is 10.2 Å². The molecule has 0 aliphatic carbocycles. The Morgan fingerprint density at radius 3 is 2.26 bits per heavy atom. The molecule has 0 amide bonds. The predicted octanol–water partition coefficient (Wildman–Crippen LogP) is 3.38. The molecule has 1 aromatic carbocycles. The maximum Gasteiger partial charge on any atom is 0.0351 e. The van der Waals surface area contributed by atoms with Gasteiger partial charge in [-0.3, -0.25) is 4.90 Å². The lowest BCUT2D eigenvalue weighted by Crippen LogP contribution is -2.58. The van der Waals surface area contributed by atoms with Crippen molar-refractivity contribution >= 4 is 0 Å². The van der Waals surface area contributed by atoms with E-state index in [2.05, 4.69) is 55.3 Å². The van der Waals surface area contributed by atoms with E-state index >= 15 is 0 Å². The molecule has 0 radical (unpaired) electrons. The number of nitrogens with zero attached hydrogens (tertiary/aromatic N) is 1. The Labute approximate surface area is 118 Å². The van der Waals surface area contributed by atoms with Gasteiger partial charge in [0, 0.05) is 25.2 Å². The molecule has 1 aliphatic rings. The van der Waals surface area contributed by atoms with Gasteiger partial charge in [-0.2, -0.15) is 0 Å². The Balaban J connectivity index is 2.14. The average molecular weight is 260 g/mol. The van der Waals surface area contributed by atoms with Crippen LogP contribution in [0.1, 0.15) is 50.8 Å². The molecule has 1 aliphatic heterocycles. The summed E-state index contributed by atoms with van der Waals surface area (Å²) in [5.41, 5.74) is 2.92. The van der Waals surface area contributed by atoms with Crippen molar-refractivity contribution in [2.45, 2.75) is 52.1 Å². The first-order valence-electron chi connectivity index (χ1n) is 7.85. The third-order valence-electron chi connectivity index (χ3n) is 4.27. The fraction of sp³-hybridized carbons (Fsp3) is 0.647. The zero-order valence-corrected chi connectivity index (χ0v) is 12.7. The lowest BCUT2D eigenvalue weighted by Gasteiger charge is -2.43. The first-order chi connectivity index (χ1) is 9.30. The van der Waals surface area contributed by atoms with E-state index in [4.69, 9.17) is 0 Å². The molecule has 1 N–H and O–H groups in total. The molecule has 0 aromatic heterocycles. The van der Waals surface area contributed by atoms with E-state index in [1.807, 2.05) is 0 Å². The minimum absolute atomic E-state index is 0.581. The van der Waals surface area contributed by atoms with Gasteiger partial charge in [-0.15, -0.1) is 0 Å². The van der Waals surface area contributed by atoms with Gasteiger partial charge in [0.1, 0.15) is 0 Å². The summed E-state index contributed by atoms with van der Waals surface area (Å²) < 4.78 is 0. The molecular weight excluding hydrogens is 232 g/mol. The van der Waals surface area contributed by atoms with Crippen LogP contribution >= 0.6 is 0 Å². The fourth-order valence-electron chi connectivity index (χ4n) is 3.00. The van der Waals surface area contributed by atoms with Crippen molar-refractivity contribution in [2.75, 3.05) is 19.6 Å². The van der Waals surface area contributed by atoms with Crippen LogP contribution in [0.15, 0.2) is 24.3 Å². The normalized spacial score (nSPS) is 17.5. The van der Waals surface area contributed by atoms with Gasteiger partial charge in [0.05, 0.1) is 0 Å². The highest BCUT2D eigenvalue weighted by Gasteiger charge is 2.29. The van der Waals surface area contributed by atoms with E-state index in [-0.39, 0.29) is 0 Å². The number of aryl methyl sites for hydroxylation is 1. The zero-order valence-electron chi connectivity index (χ0n) is 12.7. The Morgan fingerprint density at radius 1 is 1.16 bits per heavy atom. The summed E-state index contributed by atoms with van der Waals surface area (Å²) >= 11 is 0. The second kappa shape index (κ2) is 7.06. The monoisotopic (exact) mass is 260 g/mol. The van der Waals surface area contributed by atoms with Crippen molar-refractivity contribution in [2.24, 2.45) is 0 Å². The van der Waals surface area contributed by atoms with E-state index in [0.717, 1.165) is 25.6 Å². The van der Waals surface area contributed by atoms with Gasteiger partial charge in [-0.05, 0) is 36.9 Å². The van der Waals surface area contributed by atoms with Crippen LogP contribution in [-0.4, -0.2) is 30.6 Å². The first-order valence-corrected chi connectivity index (χ1v) is 7.85. The summed E-state index contributed by atoms with van der Waals surface area (Å²) in [5, 5.41) is 3.41. The summed E-state index contributed by atoms with van der Waals surface area (Å²) in [7, 11) is 0. The highest BCUT2D eigenvalue weighted by Crippen LogP contribution is 2.28. The van der Waals surface area contributed by atoms with Crippen molar-refractivity contribution in [1.29, 1.82) is 0 Å². The van der Waals surface area contributed by atoms with Gasteiger partial charge in [0.2, 0.25) is 0 Å². The van der Waals surface area contributed by atoms with E-state index < -0.39 is 0 Å². The molecule has 1 unspecified atom stereocenters. The SMILES string of the molecule is CCCN(C1CNC1)C(CC)c1ccc(CC)cc1. The van der Waals surface area contributed by atoms with E-state index in [0.29, 0.717) is 6.04 Å². The second-order valence-corrected chi connectivity index (χ2v) is 5.57. The van der Waals surface area contributed by atoms with Gasteiger partial charge in [0.15, 0.2) is 0 Å². The molecule has 1 fully saturated rings. The maximum atomic E-state index is 3.41. The van der Waals surface area contributed by atoms with Crippen LogP contribution in [0.25, 0.3) is 0 Å². The Morgan fingerprint density at radius 2 is 1.84 bits per heavy atom. The average Bonchev–Trinajstić information content (AvgIpc) is 2.38. The maximum absolute atomic E-state index is 3.41. The lowest BCUT2D eigenvalue weighted by molar-refractivity contribution is 0.0916. The molecule has 2 rings (SSSR count). The molecule has 1 atom stereocenters. The Hall–Kier alpha value is -0.860. The smallest absolute Gasteiger partial charge is 0.0351 e. The zero-order chi connectivity index (χ0) is 13.7. The van der Waals surface area contributed by atoms with Crippen molar-refractivity contribution in [3.05, 3.63) is 35.4 Å². The third kappa shape index (κ3) is 3.37. The molecule has 1 saturated heterocycles. The third-order valence-corrected chi connectivity index (χ3v) is 4.27. The largest absolute Gasteiger partial charge is 0.314 e. The summed E-state index contributed by atoms with van der Waals surface area (Å²) in [5.74, 6) is 0. The van der Waals surface area contributed by atoms with Crippen LogP contribution in [-0.2, 0) is 6.42 Å². The van der Waals surface area contributed by atoms with Crippen LogP contribution in [0, 0.1) is 0 Å². The standard InChI is InChI=1S/C17H28N2/c1-4-11-19(16-12-18-13-16)17(6-3)15-9-7-14(5-2)8-10-15/h7-10,16-18H,4-6,11-13H2,1-3H3. The molecule has 19 heavy (non-hydrogen) atoms. The Bertz CT molecular complexity index is 367. The van der Waals surface area contributed by atoms with Gasteiger partial charge < -0.3 is 5.32 Å². The molecule has 1 aromatic rings. The van der Waals surface area contributed by atoms with Crippen molar-refractivity contribution in [3.63, 3.8) is 0 Å². The number of nitrogens with one attached hydrogen (secondary N) is 1. The first kappa shape index (κ1) is 14.5. The topological polar surface area (TPSA) is 15.3 Å². The quantitative estimate of drug-likeness (QED) is 0.808. The molecule has 0 spiro atoms. The summed E-state index contributed by atoms with van der Waals surface area (Å²) in [4.78, 5) is 2.71. The molecule has 106 valence electrons.